The third kappa shape index (κ3) is 4.62. The Labute approximate surface area is 171 Å². The van der Waals surface area contributed by atoms with Crippen molar-refractivity contribution >= 4 is 11.7 Å². The first-order valence-corrected chi connectivity index (χ1v) is 10.2. The molecule has 3 aromatic rings. The average molecular weight is 386 g/mol. The number of anilines is 1. The summed E-state index contributed by atoms with van der Waals surface area (Å²) in [5, 5.41) is 2.94. The van der Waals surface area contributed by atoms with Crippen molar-refractivity contribution in [3.05, 3.63) is 66.9 Å². The van der Waals surface area contributed by atoms with E-state index in [1.54, 1.807) is 6.92 Å². The first-order valence-electron chi connectivity index (χ1n) is 10.2. The lowest BCUT2D eigenvalue weighted by atomic mass is 9.97. The van der Waals surface area contributed by atoms with E-state index in [0.29, 0.717) is 5.92 Å². The first-order chi connectivity index (χ1) is 14.2. The standard InChI is InChI=1S/C24H26N4O/c1-18(29)25-16-19-12-14-28(15-13-19)22-17-26-23(20-8-4-2-5-9-20)24(27-22)21-10-6-3-7-11-21/h2-11,17,19H,12-16H2,1H3,(H,25,29). The minimum atomic E-state index is 0.0438. The lowest BCUT2D eigenvalue weighted by Gasteiger charge is -2.33. The van der Waals surface area contributed by atoms with Crippen molar-refractivity contribution in [3.8, 4) is 22.5 Å². The van der Waals surface area contributed by atoms with Gasteiger partial charge >= 0.3 is 0 Å². The van der Waals surface area contributed by atoms with Gasteiger partial charge in [-0.15, -0.1) is 0 Å². The molecule has 1 fully saturated rings. The van der Waals surface area contributed by atoms with Crippen LogP contribution in [0.15, 0.2) is 66.9 Å². The molecule has 0 radical (unpaired) electrons. The molecule has 0 aliphatic carbocycles. The molecular weight excluding hydrogens is 360 g/mol. The molecule has 1 saturated heterocycles. The summed E-state index contributed by atoms with van der Waals surface area (Å²) >= 11 is 0. The van der Waals surface area contributed by atoms with Gasteiger partial charge in [-0.25, -0.2) is 4.98 Å². The van der Waals surface area contributed by atoms with Gasteiger partial charge in [-0.2, -0.15) is 0 Å². The van der Waals surface area contributed by atoms with Crippen LogP contribution in [-0.4, -0.2) is 35.5 Å². The van der Waals surface area contributed by atoms with Gasteiger partial charge in [0.15, 0.2) is 0 Å². The lowest BCUT2D eigenvalue weighted by molar-refractivity contribution is -0.119. The fourth-order valence-corrected chi connectivity index (χ4v) is 3.79. The molecule has 2 heterocycles. The van der Waals surface area contributed by atoms with E-state index in [1.165, 1.54) is 0 Å². The van der Waals surface area contributed by atoms with Crippen LogP contribution in [0.5, 0.6) is 0 Å². The summed E-state index contributed by atoms with van der Waals surface area (Å²) < 4.78 is 0. The van der Waals surface area contributed by atoms with Crippen LogP contribution in [0, 0.1) is 5.92 Å². The summed E-state index contributed by atoms with van der Waals surface area (Å²) in [4.78, 5) is 23.3. The number of amides is 1. The number of nitrogens with one attached hydrogen (secondary N) is 1. The smallest absolute Gasteiger partial charge is 0.216 e. The summed E-state index contributed by atoms with van der Waals surface area (Å²) in [6.45, 7) is 4.19. The third-order valence-corrected chi connectivity index (χ3v) is 5.43. The highest BCUT2D eigenvalue weighted by atomic mass is 16.1. The van der Waals surface area contributed by atoms with Gasteiger partial charge in [0.2, 0.25) is 5.91 Å². The SMILES string of the molecule is CC(=O)NCC1CCN(c2cnc(-c3ccccc3)c(-c3ccccc3)n2)CC1. The number of aromatic nitrogens is 2. The Kier molecular flexibility index (Phi) is 5.84. The van der Waals surface area contributed by atoms with E-state index in [-0.39, 0.29) is 5.91 Å². The minimum Gasteiger partial charge on any atom is -0.356 e. The number of carbonyl (C=O) groups is 1. The molecule has 4 rings (SSSR count). The molecule has 1 aliphatic rings. The monoisotopic (exact) mass is 386 g/mol. The van der Waals surface area contributed by atoms with Crippen LogP contribution >= 0.6 is 0 Å². The number of carbonyl (C=O) groups excluding carboxylic acids is 1. The second-order valence-corrected chi connectivity index (χ2v) is 7.52. The summed E-state index contributed by atoms with van der Waals surface area (Å²) in [5.41, 5.74) is 3.96. The Morgan fingerprint density at radius 1 is 0.966 bits per heavy atom. The van der Waals surface area contributed by atoms with E-state index in [2.05, 4.69) is 34.5 Å². The molecule has 0 bridgehead atoms. The minimum absolute atomic E-state index is 0.0438. The number of hydrogen-bond donors (Lipinski definition) is 1. The van der Waals surface area contributed by atoms with Crippen LogP contribution in [0.2, 0.25) is 0 Å². The van der Waals surface area contributed by atoms with Gasteiger partial charge in [0.1, 0.15) is 5.82 Å². The third-order valence-electron chi connectivity index (χ3n) is 5.43. The van der Waals surface area contributed by atoms with Crippen LogP contribution in [0.4, 0.5) is 5.82 Å². The van der Waals surface area contributed by atoms with Crippen molar-refractivity contribution in [1.82, 2.24) is 15.3 Å². The maximum absolute atomic E-state index is 11.2. The van der Waals surface area contributed by atoms with E-state index in [4.69, 9.17) is 9.97 Å². The Balaban J connectivity index is 1.59. The predicted molar refractivity (Wildman–Crippen MR) is 117 cm³/mol. The highest BCUT2D eigenvalue weighted by molar-refractivity contribution is 5.78. The Hall–Kier alpha value is -3.21. The molecule has 5 heteroatoms. The number of nitrogens with zero attached hydrogens (tertiary/aromatic N) is 3. The average Bonchev–Trinajstić information content (AvgIpc) is 2.79. The maximum atomic E-state index is 11.2. The van der Waals surface area contributed by atoms with Crippen molar-refractivity contribution in [2.75, 3.05) is 24.5 Å². The van der Waals surface area contributed by atoms with Gasteiger partial charge < -0.3 is 10.2 Å². The number of piperidine rings is 1. The van der Waals surface area contributed by atoms with E-state index in [1.807, 2.05) is 42.6 Å². The Morgan fingerprint density at radius 2 is 1.55 bits per heavy atom. The fraction of sp³-hybridized carbons (Fsp3) is 0.292. The van der Waals surface area contributed by atoms with Crippen molar-refractivity contribution in [3.63, 3.8) is 0 Å². The second-order valence-electron chi connectivity index (χ2n) is 7.52. The van der Waals surface area contributed by atoms with Crippen LogP contribution < -0.4 is 10.2 Å². The highest BCUT2D eigenvalue weighted by Crippen LogP contribution is 2.31. The van der Waals surface area contributed by atoms with E-state index in [0.717, 1.165) is 60.8 Å². The lowest BCUT2D eigenvalue weighted by Crippen LogP contribution is -2.38. The normalized spacial score (nSPS) is 14.6. The molecule has 29 heavy (non-hydrogen) atoms. The number of rotatable bonds is 5. The summed E-state index contributed by atoms with van der Waals surface area (Å²) in [7, 11) is 0. The van der Waals surface area contributed by atoms with Crippen LogP contribution in [0.1, 0.15) is 19.8 Å². The van der Waals surface area contributed by atoms with E-state index < -0.39 is 0 Å². The van der Waals surface area contributed by atoms with Gasteiger partial charge in [-0.3, -0.25) is 9.78 Å². The van der Waals surface area contributed by atoms with Gasteiger partial charge in [0.25, 0.3) is 0 Å². The zero-order valence-electron chi connectivity index (χ0n) is 16.7. The van der Waals surface area contributed by atoms with E-state index in [9.17, 15) is 4.79 Å². The molecule has 0 atom stereocenters. The zero-order chi connectivity index (χ0) is 20.1. The van der Waals surface area contributed by atoms with Crippen LogP contribution in [-0.2, 0) is 4.79 Å². The number of hydrogen-bond acceptors (Lipinski definition) is 4. The fourth-order valence-electron chi connectivity index (χ4n) is 3.79. The molecule has 1 aliphatic heterocycles. The van der Waals surface area contributed by atoms with Gasteiger partial charge in [0, 0.05) is 37.7 Å². The summed E-state index contributed by atoms with van der Waals surface area (Å²) in [6.07, 6.45) is 3.98. The topological polar surface area (TPSA) is 58.1 Å². The molecule has 0 saturated carbocycles. The van der Waals surface area contributed by atoms with E-state index >= 15 is 0 Å². The number of benzene rings is 2. The van der Waals surface area contributed by atoms with Crippen molar-refractivity contribution in [2.45, 2.75) is 19.8 Å². The second kappa shape index (κ2) is 8.86. The Bertz CT molecular complexity index is 951. The molecule has 0 unspecified atom stereocenters. The van der Waals surface area contributed by atoms with Gasteiger partial charge in [0.05, 0.1) is 17.6 Å². The first kappa shape index (κ1) is 19.1. The highest BCUT2D eigenvalue weighted by Gasteiger charge is 2.22. The maximum Gasteiger partial charge on any atom is 0.216 e. The predicted octanol–water partition coefficient (Wildman–Crippen LogP) is 4.16. The quantitative estimate of drug-likeness (QED) is 0.715. The molecular formula is C24H26N4O. The van der Waals surface area contributed by atoms with Crippen molar-refractivity contribution in [2.24, 2.45) is 5.92 Å². The van der Waals surface area contributed by atoms with Crippen molar-refractivity contribution < 1.29 is 4.79 Å². The molecule has 1 N–H and O–H groups in total. The molecule has 5 nitrogen and oxygen atoms in total. The largest absolute Gasteiger partial charge is 0.356 e. The molecule has 0 spiro atoms. The van der Waals surface area contributed by atoms with Crippen molar-refractivity contribution in [1.29, 1.82) is 0 Å². The van der Waals surface area contributed by atoms with Crippen LogP contribution in [0.25, 0.3) is 22.5 Å². The Morgan fingerprint density at radius 3 is 2.14 bits per heavy atom. The molecule has 148 valence electrons. The summed E-state index contributed by atoms with van der Waals surface area (Å²) in [5.74, 6) is 1.49. The van der Waals surface area contributed by atoms with Gasteiger partial charge in [-0.05, 0) is 18.8 Å². The zero-order valence-corrected chi connectivity index (χ0v) is 16.7. The van der Waals surface area contributed by atoms with Gasteiger partial charge in [-0.1, -0.05) is 60.7 Å². The summed E-state index contributed by atoms with van der Waals surface area (Å²) in [6, 6.07) is 20.5. The molecule has 1 aromatic heterocycles. The van der Waals surface area contributed by atoms with Crippen LogP contribution in [0.3, 0.4) is 0 Å². The molecule has 1 amide bonds. The molecule has 2 aromatic carbocycles.